The molecule has 1 rings (SSSR count). The van der Waals surface area contributed by atoms with Crippen molar-refractivity contribution in [2.24, 2.45) is 0 Å². The maximum Gasteiger partial charge on any atom is 0.342 e. The van der Waals surface area contributed by atoms with E-state index in [0.29, 0.717) is 6.61 Å². The molecule has 1 aromatic heterocycles. The van der Waals surface area contributed by atoms with Gasteiger partial charge >= 0.3 is 5.97 Å². The lowest BCUT2D eigenvalue weighted by atomic mass is 10.2. The average Bonchev–Trinajstić information content (AvgIpc) is 2.33. The van der Waals surface area contributed by atoms with E-state index in [0.717, 1.165) is 12.8 Å². The van der Waals surface area contributed by atoms with Crippen molar-refractivity contribution in [2.75, 3.05) is 6.61 Å². The molecule has 0 amide bonds. The highest BCUT2D eigenvalue weighted by molar-refractivity contribution is 6.33. The molecular formula is C12H16Cl2N2O2. The monoisotopic (exact) mass is 290 g/mol. The van der Waals surface area contributed by atoms with Crippen LogP contribution < -0.4 is 0 Å². The SMILES string of the molecule is CCCCCCCOC(=O)c1cnc(Cl)nc1Cl. The Morgan fingerprint density at radius 1 is 1.28 bits per heavy atom. The maximum atomic E-state index is 11.6. The fraction of sp³-hybridized carbons (Fsp3) is 0.583. The van der Waals surface area contributed by atoms with Crippen molar-refractivity contribution in [1.29, 1.82) is 0 Å². The van der Waals surface area contributed by atoms with Gasteiger partial charge in [-0.1, -0.05) is 44.2 Å². The summed E-state index contributed by atoms with van der Waals surface area (Å²) in [6.07, 6.45) is 6.77. The molecule has 100 valence electrons. The number of carbonyl (C=O) groups excluding carboxylic acids is 1. The van der Waals surface area contributed by atoms with Gasteiger partial charge < -0.3 is 4.74 Å². The second kappa shape index (κ2) is 8.27. The summed E-state index contributed by atoms with van der Waals surface area (Å²) in [7, 11) is 0. The van der Waals surface area contributed by atoms with E-state index in [-0.39, 0.29) is 16.0 Å². The van der Waals surface area contributed by atoms with E-state index in [1.165, 1.54) is 25.5 Å². The normalized spacial score (nSPS) is 10.4. The minimum atomic E-state index is -0.507. The number of carbonyl (C=O) groups is 1. The fourth-order valence-electron chi connectivity index (χ4n) is 1.43. The van der Waals surface area contributed by atoms with Crippen LogP contribution in [-0.4, -0.2) is 22.5 Å². The Bertz CT molecular complexity index is 400. The highest BCUT2D eigenvalue weighted by Crippen LogP contribution is 2.15. The first-order chi connectivity index (χ1) is 8.65. The van der Waals surface area contributed by atoms with E-state index in [2.05, 4.69) is 16.9 Å². The quantitative estimate of drug-likeness (QED) is 0.331. The first kappa shape index (κ1) is 15.2. The predicted molar refractivity (Wildman–Crippen MR) is 71.1 cm³/mol. The van der Waals surface area contributed by atoms with Gasteiger partial charge in [-0.15, -0.1) is 0 Å². The van der Waals surface area contributed by atoms with Crippen molar-refractivity contribution >= 4 is 29.2 Å². The van der Waals surface area contributed by atoms with Crippen LogP contribution >= 0.6 is 23.2 Å². The molecule has 0 saturated heterocycles. The molecule has 1 heterocycles. The van der Waals surface area contributed by atoms with E-state index in [9.17, 15) is 4.79 Å². The van der Waals surface area contributed by atoms with Gasteiger partial charge in [-0.05, 0) is 18.0 Å². The van der Waals surface area contributed by atoms with Crippen molar-refractivity contribution in [2.45, 2.75) is 39.0 Å². The van der Waals surface area contributed by atoms with Crippen molar-refractivity contribution < 1.29 is 9.53 Å². The van der Waals surface area contributed by atoms with Crippen molar-refractivity contribution in [3.05, 3.63) is 22.2 Å². The van der Waals surface area contributed by atoms with Crippen LogP contribution in [0.25, 0.3) is 0 Å². The summed E-state index contributed by atoms with van der Waals surface area (Å²) in [5.74, 6) is -0.507. The lowest BCUT2D eigenvalue weighted by Gasteiger charge is -2.05. The zero-order valence-electron chi connectivity index (χ0n) is 10.3. The molecule has 1 aromatic rings. The van der Waals surface area contributed by atoms with Gasteiger partial charge in [0.1, 0.15) is 10.7 Å². The Morgan fingerprint density at radius 3 is 2.67 bits per heavy atom. The molecule has 6 heteroatoms. The number of hydrogen-bond donors (Lipinski definition) is 0. The van der Waals surface area contributed by atoms with Crippen LogP contribution in [0, 0.1) is 0 Å². The minimum Gasteiger partial charge on any atom is -0.462 e. The number of unbranched alkanes of at least 4 members (excludes halogenated alkanes) is 4. The molecule has 0 spiro atoms. The van der Waals surface area contributed by atoms with Crippen molar-refractivity contribution in [3.63, 3.8) is 0 Å². The highest BCUT2D eigenvalue weighted by atomic mass is 35.5. The first-order valence-corrected chi connectivity index (χ1v) is 6.76. The molecule has 0 bridgehead atoms. The van der Waals surface area contributed by atoms with Gasteiger partial charge in [0, 0.05) is 6.20 Å². The van der Waals surface area contributed by atoms with Gasteiger partial charge in [-0.2, -0.15) is 0 Å². The Kier molecular flexibility index (Phi) is 6.98. The number of halogens is 2. The summed E-state index contributed by atoms with van der Waals surface area (Å²) in [5, 5.41) is 0.0297. The summed E-state index contributed by atoms with van der Waals surface area (Å²) in [4.78, 5) is 19.0. The first-order valence-electron chi connectivity index (χ1n) is 6.00. The lowest BCUT2D eigenvalue weighted by Crippen LogP contribution is -2.08. The molecule has 0 aliphatic heterocycles. The largest absolute Gasteiger partial charge is 0.462 e. The Labute approximate surface area is 117 Å². The van der Waals surface area contributed by atoms with Gasteiger partial charge in [0.15, 0.2) is 0 Å². The molecule has 0 N–H and O–H groups in total. The fourth-order valence-corrected chi connectivity index (χ4v) is 1.81. The van der Waals surface area contributed by atoms with Gasteiger partial charge in [0.25, 0.3) is 0 Å². The van der Waals surface area contributed by atoms with E-state index in [4.69, 9.17) is 27.9 Å². The second-order valence-electron chi connectivity index (χ2n) is 3.89. The third-order valence-corrected chi connectivity index (χ3v) is 2.88. The molecule has 0 radical (unpaired) electrons. The van der Waals surface area contributed by atoms with E-state index >= 15 is 0 Å². The van der Waals surface area contributed by atoms with E-state index < -0.39 is 5.97 Å². The van der Waals surface area contributed by atoms with Crippen LogP contribution in [-0.2, 0) is 4.74 Å². The Hall–Kier alpha value is -0.870. The number of hydrogen-bond acceptors (Lipinski definition) is 4. The van der Waals surface area contributed by atoms with Gasteiger partial charge in [-0.25, -0.2) is 14.8 Å². The molecule has 0 saturated carbocycles. The summed E-state index contributed by atoms with van der Waals surface area (Å²) in [6, 6.07) is 0. The van der Waals surface area contributed by atoms with E-state index in [1.807, 2.05) is 0 Å². The average molecular weight is 291 g/mol. The number of esters is 1. The second-order valence-corrected chi connectivity index (χ2v) is 4.59. The topological polar surface area (TPSA) is 52.1 Å². The molecule has 4 nitrogen and oxygen atoms in total. The van der Waals surface area contributed by atoms with Gasteiger partial charge in [0.2, 0.25) is 5.28 Å². The van der Waals surface area contributed by atoms with Crippen LogP contribution in [0.5, 0.6) is 0 Å². The summed E-state index contributed by atoms with van der Waals surface area (Å²) in [5.41, 5.74) is 0.148. The summed E-state index contributed by atoms with van der Waals surface area (Å²) in [6.45, 7) is 2.55. The molecule has 0 fully saturated rings. The standard InChI is InChI=1S/C12H16Cl2N2O2/c1-2-3-4-5-6-7-18-11(17)9-8-15-12(14)16-10(9)13/h8H,2-7H2,1H3. The smallest absolute Gasteiger partial charge is 0.342 e. The zero-order chi connectivity index (χ0) is 13.4. The number of ether oxygens (including phenoxy) is 1. The third kappa shape index (κ3) is 5.19. The van der Waals surface area contributed by atoms with E-state index in [1.54, 1.807) is 0 Å². The molecule has 0 aliphatic carbocycles. The van der Waals surface area contributed by atoms with Crippen LogP contribution in [0.3, 0.4) is 0 Å². The molecule has 0 atom stereocenters. The molecule has 0 aromatic carbocycles. The third-order valence-electron chi connectivity index (χ3n) is 2.41. The number of nitrogens with zero attached hydrogens (tertiary/aromatic N) is 2. The predicted octanol–water partition coefficient (Wildman–Crippen LogP) is 3.91. The molecule has 0 aliphatic rings. The van der Waals surface area contributed by atoms with Crippen LogP contribution in [0.4, 0.5) is 0 Å². The Balaban J connectivity index is 2.32. The van der Waals surface area contributed by atoms with Crippen LogP contribution in [0.15, 0.2) is 6.20 Å². The summed E-state index contributed by atoms with van der Waals surface area (Å²) < 4.78 is 5.08. The molecule has 18 heavy (non-hydrogen) atoms. The lowest BCUT2D eigenvalue weighted by molar-refractivity contribution is 0.0497. The number of rotatable bonds is 7. The summed E-state index contributed by atoms with van der Waals surface area (Å²) >= 11 is 11.3. The number of aromatic nitrogens is 2. The van der Waals surface area contributed by atoms with Crippen LogP contribution in [0.1, 0.15) is 49.4 Å². The Morgan fingerprint density at radius 2 is 2.00 bits per heavy atom. The minimum absolute atomic E-state index is 0.0103. The van der Waals surface area contributed by atoms with Gasteiger partial charge in [-0.3, -0.25) is 0 Å². The van der Waals surface area contributed by atoms with Crippen molar-refractivity contribution in [3.8, 4) is 0 Å². The van der Waals surface area contributed by atoms with Gasteiger partial charge in [0.05, 0.1) is 6.61 Å². The maximum absolute atomic E-state index is 11.6. The highest BCUT2D eigenvalue weighted by Gasteiger charge is 2.13. The zero-order valence-corrected chi connectivity index (χ0v) is 11.8. The molecule has 0 unspecified atom stereocenters. The van der Waals surface area contributed by atoms with Crippen molar-refractivity contribution in [1.82, 2.24) is 9.97 Å². The van der Waals surface area contributed by atoms with Crippen LogP contribution in [0.2, 0.25) is 10.4 Å². The molecular weight excluding hydrogens is 275 g/mol.